The summed E-state index contributed by atoms with van der Waals surface area (Å²) >= 11 is 0. The number of benzene rings is 2. The molecule has 0 spiro atoms. The summed E-state index contributed by atoms with van der Waals surface area (Å²) in [5.41, 5.74) is 5.96. The van der Waals surface area contributed by atoms with E-state index >= 15 is 0 Å². The molecule has 2 aromatic carbocycles. The number of ether oxygens (including phenoxy) is 3. The molecule has 8 heteroatoms. The molecule has 218 valence electrons. The van der Waals surface area contributed by atoms with Crippen molar-refractivity contribution in [1.29, 1.82) is 0 Å². The Morgan fingerprint density at radius 1 is 1.10 bits per heavy atom. The number of piperidine rings is 1. The Kier molecular flexibility index (Phi) is 7.73. The zero-order chi connectivity index (χ0) is 29.3. The van der Waals surface area contributed by atoms with Gasteiger partial charge in [-0.25, -0.2) is 9.37 Å². The normalized spacial score (nSPS) is 17.5. The second-order valence-electron chi connectivity index (χ2n) is 11.3. The van der Waals surface area contributed by atoms with Crippen LogP contribution in [0.3, 0.4) is 0 Å². The van der Waals surface area contributed by atoms with Crippen molar-refractivity contribution in [3.8, 4) is 28.1 Å². The minimum Gasteiger partial charge on any atom is -0.493 e. The second kappa shape index (κ2) is 11.6. The molecule has 42 heavy (non-hydrogen) atoms. The van der Waals surface area contributed by atoms with Gasteiger partial charge in [0, 0.05) is 42.0 Å². The minimum atomic E-state index is -0.340. The quantitative estimate of drug-likeness (QED) is 0.202. The van der Waals surface area contributed by atoms with Gasteiger partial charge in [-0.05, 0) is 68.5 Å². The van der Waals surface area contributed by atoms with E-state index in [2.05, 4.69) is 22.3 Å². The van der Waals surface area contributed by atoms with Crippen molar-refractivity contribution in [2.24, 2.45) is 0 Å². The molecule has 3 aliphatic heterocycles. The number of nitrogens with zero attached hydrogens (tertiary/aromatic N) is 3. The summed E-state index contributed by atoms with van der Waals surface area (Å²) in [6.45, 7) is 6.72. The molecule has 0 aliphatic carbocycles. The van der Waals surface area contributed by atoms with E-state index in [0.29, 0.717) is 25.4 Å². The lowest BCUT2D eigenvalue weighted by Crippen LogP contribution is -2.45. The molecule has 0 saturated carbocycles. The number of esters is 1. The number of aryl methyl sites for hydroxylation is 1. The van der Waals surface area contributed by atoms with Gasteiger partial charge in [-0.2, -0.15) is 0 Å². The lowest BCUT2D eigenvalue weighted by molar-refractivity contribution is -0.139. The molecule has 2 aromatic heterocycles. The van der Waals surface area contributed by atoms with Crippen LogP contribution < -0.4 is 9.64 Å². The van der Waals surface area contributed by atoms with Crippen LogP contribution >= 0.6 is 0 Å². The molecule has 7 nitrogen and oxygen atoms in total. The van der Waals surface area contributed by atoms with Crippen molar-refractivity contribution in [3.63, 3.8) is 0 Å². The SMILES string of the molecule is COC(=O)Cc1c(C)cc2nc3cn2c1N1CCC(C)(CC1)OC/C=C/CCOc1cc(F)ccc1-c1cccc-3c1. The van der Waals surface area contributed by atoms with E-state index in [1.807, 2.05) is 49.5 Å². The topological polar surface area (TPSA) is 65.3 Å². The van der Waals surface area contributed by atoms with Gasteiger partial charge in [0.25, 0.3) is 0 Å². The highest BCUT2D eigenvalue weighted by Crippen LogP contribution is 2.37. The van der Waals surface area contributed by atoms with Gasteiger partial charge in [-0.1, -0.05) is 30.4 Å². The number of rotatable bonds is 2. The fourth-order valence-electron chi connectivity index (χ4n) is 5.89. The van der Waals surface area contributed by atoms with Gasteiger partial charge >= 0.3 is 5.97 Å². The second-order valence-corrected chi connectivity index (χ2v) is 11.3. The zero-order valence-corrected chi connectivity index (χ0v) is 24.4. The first-order valence-corrected chi connectivity index (χ1v) is 14.5. The number of pyridine rings is 1. The number of hydrogen-bond donors (Lipinski definition) is 0. The molecule has 0 radical (unpaired) electrons. The maximum atomic E-state index is 14.2. The molecule has 0 amide bonds. The highest BCUT2D eigenvalue weighted by Gasteiger charge is 2.33. The Morgan fingerprint density at radius 2 is 1.90 bits per heavy atom. The van der Waals surface area contributed by atoms with Gasteiger partial charge in [0.2, 0.25) is 0 Å². The molecule has 4 aromatic rings. The molecule has 5 heterocycles. The van der Waals surface area contributed by atoms with Crippen LogP contribution in [0.5, 0.6) is 5.75 Å². The van der Waals surface area contributed by atoms with Gasteiger partial charge in [-0.3, -0.25) is 9.20 Å². The number of carbonyl (C=O) groups excluding carboxylic acids is 1. The minimum absolute atomic E-state index is 0.180. The number of carbonyl (C=O) groups is 1. The highest BCUT2D eigenvalue weighted by molar-refractivity contribution is 5.79. The van der Waals surface area contributed by atoms with Crippen LogP contribution in [-0.2, 0) is 20.7 Å². The van der Waals surface area contributed by atoms with Crippen LogP contribution in [0.25, 0.3) is 28.0 Å². The van der Waals surface area contributed by atoms with Gasteiger partial charge in [-0.15, -0.1) is 0 Å². The Morgan fingerprint density at radius 3 is 2.71 bits per heavy atom. The van der Waals surface area contributed by atoms with E-state index in [4.69, 9.17) is 19.2 Å². The lowest BCUT2D eigenvalue weighted by atomic mass is 9.92. The number of fused-ring (bicyclic) bond motifs is 7. The molecule has 1 saturated heterocycles. The van der Waals surface area contributed by atoms with Crippen molar-refractivity contribution in [2.45, 2.75) is 45.1 Å². The Labute approximate surface area is 245 Å². The highest BCUT2D eigenvalue weighted by atomic mass is 19.1. The largest absolute Gasteiger partial charge is 0.493 e. The number of halogens is 1. The van der Waals surface area contributed by atoms with Gasteiger partial charge in [0.05, 0.1) is 38.0 Å². The van der Waals surface area contributed by atoms with Gasteiger partial charge in [0.15, 0.2) is 0 Å². The molecule has 1 fully saturated rings. The third-order valence-corrected chi connectivity index (χ3v) is 8.37. The summed E-state index contributed by atoms with van der Waals surface area (Å²) in [5, 5.41) is 0. The fraction of sp³-hybridized carbons (Fsp3) is 0.353. The Hall–Kier alpha value is -4.17. The number of aromatic nitrogens is 2. The molecule has 0 unspecified atom stereocenters. The van der Waals surface area contributed by atoms with E-state index in [1.165, 1.54) is 19.2 Å². The number of methoxy groups -OCH3 is 1. The monoisotopic (exact) mass is 569 g/mol. The summed E-state index contributed by atoms with van der Waals surface area (Å²) in [6.07, 6.45) is 8.69. The molecular weight excluding hydrogens is 533 g/mol. The summed E-state index contributed by atoms with van der Waals surface area (Å²) in [7, 11) is 1.42. The molecule has 7 rings (SSSR count). The maximum Gasteiger partial charge on any atom is 0.310 e. The van der Waals surface area contributed by atoms with Crippen LogP contribution in [0.1, 0.15) is 37.3 Å². The van der Waals surface area contributed by atoms with E-state index in [1.54, 1.807) is 6.07 Å². The number of hydrogen-bond acceptors (Lipinski definition) is 6. The van der Waals surface area contributed by atoms with Crippen LogP contribution in [-0.4, -0.2) is 54.4 Å². The maximum absolute atomic E-state index is 14.2. The molecule has 3 aliphatic rings. The molecule has 0 N–H and O–H groups in total. The average molecular weight is 570 g/mol. The standard InChI is InChI=1S/C34H36FN3O4/c1-23-18-31-36-29-22-38(31)33(28(23)21-32(39)40-3)37-14-12-34(2,13-15-37)42-17-6-4-5-16-41-30-20-26(35)10-11-27(30)24-8-7-9-25(29)19-24/h4,6-11,18-20,22H,5,12-17,21H2,1-3H3/b6-4+. The predicted octanol–water partition coefficient (Wildman–Crippen LogP) is 6.55. The number of imidazole rings is 1. The third-order valence-electron chi connectivity index (χ3n) is 8.37. The third kappa shape index (κ3) is 5.63. The zero-order valence-electron chi connectivity index (χ0n) is 24.4. The van der Waals surface area contributed by atoms with Gasteiger partial charge < -0.3 is 19.1 Å². The van der Waals surface area contributed by atoms with E-state index < -0.39 is 0 Å². The molecule has 0 atom stereocenters. The smallest absolute Gasteiger partial charge is 0.310 e. The van der Waals surface area contributed by atoms with Gasteiger partial charge in [0.1, 0.15) is 23.0 Å². The Balaban J connectivity index is 1.50. The Bertz CT molecular complexity index is 1650. The van der Waals surface area contributed by atoms with Crippen molar-refractivity contribution in [2.75, 3.05) is 38.3 Å². The van der Waals surface area contributed by atoms with Crippen LogP contribution in [0.2, 0.25) is 0 Å². The van der Waals surface area contributed by atoms with Crippen LogP contribution in [0.4, 0.5) is 10.2 Å². The van der Waals surface area contributed by atoms with Crippen molar-refractivity contribution >= 4 is 17.4 Å². The van der Waals surface area contributed by atoms with Crippen LogP contribution in [0, 0.1) is 12.7 Å². The van der Waals surface area contributed by atoms with E-state index in [9.17, 15) is 9.18 Å². The van der Waals surface area contributed by atoms with E-state index in [-0.39, 0.29) is 23.8 Å². The summed E-state index contributed by atoms with van der Waals surface area (Å²) in [4.78, 5) is 19.9. The number of anilines is 1. The van der Waals surface area contributed by atoms with Crippen molar-refractivity contribution in [3.05, 3.63) is 83.8 Å². The van der Waals surface area contributed by atoms with E-state index in [0.717, 1.165) is 70.9 Å². The summed E-state index contributed by atoms with van der Waals surface area (Å²) in [6, 6.07) is 14.7. The summed E-state index contributed by atoms with van der Waals surface area (Å²) < 4.78 is 33.8. The molecule has 6 bridgehead atoms. The predicted molar refractivity (Wildman–Crippen MR) is 162 cm³/mol. The average Bonchev–Trinajstić information content (AvgIpc) is 3.41. The van der Waals surface area contributed by atoms with Crippen molar-refractivity contribution < 1.29 is 23.4 Å². The first-order valence-electron chi connectivity index (χ1n) is 14.5. The first kappa shape index (κ1) is 28.0. The van der Waals surface area contributed by atoms with Crippen molar-refractivity contribution in [1.82, 2.24) is 9.38 Å². The lowest BCUT2D eigenvalue weighted by Gasteiger charge is -2.41. The summed E-state index contributed by atoms with van der Waals surface area (Å²) in [5.74, 6) is 0.857. The fourth-order valence-corrected chi connectivity index (χ4v) is 5.89. The molecular formula is C34H36FN3O4. The first-order chi connectivity index (χ1) is 20.3. The van der Waals surface area contributed by atoms with Crippen LogP contribution in [0.15, 0.2) is 66.9 Å².